The number of ether oxygens (including phenoxy) is 3. The molecule has 0 amide bonds. The van der Waals surface area contributed by atoms with E-state index in [2.05, 4.69) is 29.5 Å². The highest BCUT2D eigenvalue weighted by molar-refractivity contribution is 5.79. The Bertz CT molecular complexity index is 543. The van der Waals surface area contributed by atoms with Crippen molar-refractivity contribution in [1.82, 2.24) is 10.6 Å². The minimum atomic E-state index is 0.624. The van der Waals surface area contributed by atoms with Gasteiger partial charge in [-0.3, -0.25) is 4.99 Å². The molecule has 6 heteroatoms. The number of hydrogen-bond donors (Lipinski definition) is 2. The number of aliphatic imine (C=N–C) groups is 1. The van der Waals surface area contributed by atoms with Gasteiger partial charge < -0.3 is 24.8 Å². The molecule has 0 saturated carbocycles. The summed E-state index contributed by atoms with van der Waals surface area (Å²) in [7, 11) is 6.67. The number of rotatable bonds is 10. The fourth-order valence-corrected chi connectivity index (χ4v) is 2.71. The maximum Gasteiger partial charge on any atom is 0.203 e. The molecule has 1 aromatic carbocycles. The van der Waals surface area contributed by atoms with Crippen LogP contribution in [0, 0.1) is 5.92 Å². The van der Waals surface area contributed by atoms with Gasteiger partial charge in [0.25, 0.3) is 0 Å². The molecular formula is C19H33N3O3. The summed E-state index contributed by atoms with van der Waals surface area (Å²) >= 11 is 0. The van der Waals surface area contributed by atoms with Gasteiger partial charge in [-0.05, 0) is 18.4 Å². The summed E-state index contributed by atoms with van der Waals surface area (Å²) in [6.45, 7) is 6.12. The predicted octanol–water partition coefficient (Wildman–Crippen LogP) is 2.86. The molecule has 6 nitrogen and oxygen atoms in total. The Kier molecular flexibility index (Phi) is 9.58. The Balaban J connectivity index is 2.65. The molecule has 0 unspecified atom stereocenters. The van der Waals surface area contributed by atoms with Crippen LogP contribution >= 0.6 is 0 Å². The zero-order chi connectivity index (χ0) is 18.7. The Labute approximate surface area is 152 Å². The van der Waals surface area contributed by atoms with Gasteiger partial charge in [-0.1, -0.05) is 32.8 Å². The number of nitrogens with one attached hydrogen (secondary N) is 2. The third-order valence-electron chi connectivity index (χ3n) is 4.41. The van der Waals surface area contributed by atoms with Crippen LogP contribution in [0.4, 0.5) is 0 Å². The summed E-state index contributed by atoms with van der Waals surface area (Å²) in [6, 6.07) is 3.90. The van der Waals surface area contributed by atoms with Crippen molar-refractivity contribution in [2.24, 2.45) is 10.9 Å². The maximum absolute atomic E-state index is 5.52. The number of guanidine groups is 1. The van der Waals surface area contributed by atoms with Gasteiger partial charge in [-0.15, -0.1) is 0 Å². The van der Waals surface area contributed by atoms with Gasteiger partial charge >= 0.3 is 0 Å². The molecule has 0 heterocycles. The van der Waals surface area contributed by atoms with Crippen LogP contribution in [0.3, 0.4) is 0 Å². The van der Waals surface area contributed by atoms with E-state index >= 15 is 0 Å². The lowest BCUT2D eigenvalue weighted by Crippen LogP contribution is -2.40. The first kappa shape index (κ1) is 20.9. The molecular weight excluding hydrogens is 318 g/mol. The average Bonchev–Trinajstić information content (AvgIpc) is 2.66. The maximum atomic E-state index is 5.52. The Morgan fingerprint density at radius 1 is 1.00 bits per heavy atom. The summed E-state index contributed by atoms with van der Waals surface area (Å²) in [5.41, 5.74) is 1.06. The van der Waals surface area contributed by atoms with Crippen molar-refractivity contribution in [3.05, 3.63) is 17.7 Å². The second kappa shape index (κ2) is 11.4. The number of hydrogen-bond acceptors (Lipinski definition) is 4. The van der Waals surface area contributed by atoms with Crippen molar-refractivity contribution in [3.8, 4) is 17.2 Å². The van der Waals surface area contributed by atoms with Crippen LogP contribution in [-0.2, 0) is 6.42 Å². The van der Waals surface area contributed by atoms with Crippen LogP contribution < -0.4 is 24.8 Å². The van der Waals surface area contributed by atoms with E-state index in [-0.39, 0.29) is 0 Å². The molecule has 0 aliphatic carbocycles. The number of nitrogens with zero attached hydrogens (tertiary/aromatic N) is 1. The molecule has 0 atom stereocenters. The van der Waals surface area contributed by atoms with E-state index < -0.39 is 0 Å². The van der Waals surface area contributed by atoms with E-state index in [1.165, 1.54) is 12.8 Å². The molecule has 2 N–H and O–H groups in total. The van der Waals surface area contributed by atoms with Crippen LogP contribution in [0.2, 0.25) is 0 Å². The fourth-order valence-electron chi connectivity index (χ4n) is 2.71. The van der Waals surface area contributed by atoms with Crippen molar-refractivity contribution in [3.63, 3.8) is 0 Å². The van der Waals surface area contributed by atoms with Crippen molar-refractivity contribution in [1.29, 1.82) is 0 Å². The third kappa shape index (κ3) is 6.03. The summed E-state index contributed by atoms with van der Waals surface area (Å²) in [4.78, 5) is 4.28. The average molecular weight is 351 g/mol. The molecule has 0 aliphatic heterocycles. The molecule has 0 bridgehead atoms. The van der Waals surface area contributed by atoms with E-state index in [9.17, 15) is 0 Å². The zero-order valence-electron chi connectivity index (χ0n) is 16.4. The Hall–Kier alpha value is -2.11. The summed E-state index contributed by atoms with van der Waals surface area (Å²) in [5, 5.41) is 6.74. The normalized spacial score (nSPS) is 11.4. The van der Waals surface area contributed by atoms with Crippen LogP contribution in [-0.4, -0.2) is 47.4 Å². The smallest absolute Gasteiger partial charge is 0.203 e. The SMILES string of the molecule is CCC(CC)CNC(=NC)NCCc1ccc(OC)c(OC)c1OC. The molecule has 0 aromatic heterocycles. The third-order valence-corrected chi connectivity index (χ3v) is 4.41. The Morgan fingerprint density at radius 3 is 2.20 bits per heavy atom. The van der Waals surface area contributed by atoms with Crippen molar-refractivity contribution >= 4 is 5.96 Å². The molecule has 0 spiro atoms. The fraction of sp³-hybridized carbons (Fsp3) is 0.632. The second-order valence-corrected chi connectivity index (χ2v) is 5.81. The van der Waals surface area contributed by atoms with Crippen LogP contribution in [0.25, 0.3) is 0 Å². The highest BCUT2D eigenvalue weighted by Crippen LogP contribution is 2.39. The number of methoxy groups -OCH3 is 3. The highest BCUT2D eigenvalue weighted by atomic mass is 16.5. The highest BCUT2D eigenvalue weighted by Gasteiger charge is 2.15. The molecule has 1 rings (SSSR count). The van der Waals surface area contributed by atoms with Gasteiger partial charge in [0, 0.05) is 25.7 Å². The summed E-state index contributed by atoms with van der Waals surface area (Å²) < 4.78 is 16.3. The van der Waals surface area contributed by atoms with Crippen LogP contribution in [0.15, 0.2) is 17.1 Å². The second-order valence-electron chi connectivity index (χ2n) is 5.81. The molecule has 0 radical (unpaired) electrons. The zero-order valence-corrected chi connectivity index (χ0v) is 16.4. The van der Waals surface area contributed by atoms with E-state index in [1.54, 1.807) is 28.4 Å². The van der Waals surface area contributed by atoms with Gasteiger partial charge in [0.2, 0.25) is 5.75 Å². The first-order valence-corrected chi connectivity index (χ1v) is 8.87. The molecule has 0 aliphatic rings. The van der Waals surface area contributed by atoms with Gasteiger partial charge in [0.1, 0.15) is 0 Å². The standard InChI is InChI=1S/C19H33N3O3/c1-7-14(8-2)13-22-19(20-3)21-12-11-15-9-10-16(23-4)18(25-6)17(15)24-5/h9-10,14H,7-8,11-13H2,1-6H3,(H2,20,21,22). The van der Waals surface area contributed by atoms with Crippen LogP contribution in [0.5, 0.6) is 17.2 Å². The van der Waals surface area contributed by atoms with E-state index in [0.717, 1.165) is 31.0 Å². The molecule has 25 heavy (non-hydrogen) atoms. The lowest BCUT2D eigenvalue weighted by molar-refractivity contribution is 0.322. The first-order valence-electron chi connectivity index (χ1n) is 8.87. The largest absolute Gasteiger partial charge is 0.493 e. The van der Waals surface area contributed by atoms with Gasteiger partial charge in [-0.2, -0.15) is 0 Å². The predicted molar refractivity (Wildman–Crippen MR) is 103 cm³/mol. The molecule has 142 valence electrons. The van der Waals surface area contributed by atoms with Crippen LogP contribution in [0.1, 0.15) is 32.3 Å². The van der Waals surface area contributed by atoms with Crippen molar-refractivity contribution in [2.45, 2.75) is 33.1 Å². The van der Waals surface area contributed by atoms with Gasteiger partial charge in [-0.25, -0.2) is 0 Å². The summed E-state index contributed by atoms with van der Waals surface area (Å²) in [6.07, 6.45) is 3.13. The monoisotopic (exact) mass is 351 g/mol. The van der Waals surface area contributed by atoms with Crippen molar-refractivity contribution < 1.29 is 14.2 Å². The quantitative estimate of drug-likeness (QED) is 0.501. The van der Waals surface area contributed by atoms with Crippen molar-refractivity contribution in [2.75, 3.05) is 41.5 Å². The molecule has 0 saturated heterocycles. The van der Waals surface area contributed by atoms with Gasteiger partial charge in [0.05, 0.1) is 21.3 Å². The topological polar surface area (TPSA) is 64.1 Å². The first-order chi connectivity index (χ1) is 12.1. The molecule has 1 aromatic rings. The van der Waals surface area contributed by atoms with E-state index in [4.69, 9.17) is 14.2 Å². The summed E-state index contributed by atoms with van der Waals surface area (Å²) in [5.74, 6) is 3.50. The lowest BCUT2D eigenvalue weighted by atomic mass is 10.0. The Morgan fingerprint density at radius 2 is 1.68 bits per heavy atom. The minimum Gasteiger partial charge on any atom is -0.493 e. The van der Waals surface area contributed by atoms with Gasteiger partial charge in [0.15, 0.2) is 17.5 Å². The van der Waals surface area contributed by atoms with E-state index in [1.807, 2.05) is 12.1 Å². The lowest BCUT2D eigenvalue weighted by Gasteiger charge is -2.18. The molecule has 0 fully saturated rings. The van der Waals surface area contributed by atoms with E-state index in [0.29, 0.717) is 23.2 Å². The number of benzene rings is 1. The minimum absolute atomic E-state index is 0.624.